The monoisotopic (exact) mass is 345 g/mol. The molecule has 0 saturated carbocycles. The van der Waals surface area contributed by atoms with Crippen molar-refractivity contribution in [1.29, 1.82) is 0 Å². The molecule has 25 heavy (non-hydrogen) atoms. The number of aryl methyl sites for hydroxylation is 1. The lowest BCUT2D eigenvalue weighted by Crippen LogP contribution is -2.43. The predicted octanol–water partition coefficient (Wildman–Crippen LogP) is 1.24. The van der Waals surface area contributed by atoms with E-state index < -0.39 is 5.60 Å². The van der Waals surface area contributed by atoms with Gasteiger partial charge in [-0.2, -0.15) is 5.10 Å². The van der Waals surface area contributed by atoms with Crippen molar-refractivity contribution in [2.45, 2.75) is 18.9 Å². The Morgan fingerprint density at radius 2 is 1.96 bits per heavy atom. The predicted molar refractivity (Wildman–Crippen MR) is 98.7 cm³/mol. The molecule has 1 atom stereocenters. The van der Waals surface area contributed by atoms with Gasteiger partial charge >= 0.3 is 6.03 Å². The third-order valence-corrected chi connectivity index (χ3v) is 4.07. The minimum absolute atomic E-state index is 0.113. The summed E-state index contributed by atoms with van der Waals surface area (Å²) in [5, 5.41) is 20.0. The molecule has 2 rings (SSSR count). The smallest absolute Gasteiger partial charge is 0.314 e. The Bertz CT molecular complexity index is 692. The highest BCUT2D eigenvalue weighted by Crippen LogP contribution is 2.18. The number of amides is 2. The summed E-state index contributed by atoms with van der Waals surface area (Å²) < 4.78 is 1.62. The van der Waals surface area contributed by atoms with E-state index >= 15 is 0 Å². The van der Waals surface area contributed by atoms with Gasteiger partial charge in [-0.3, -0.25) is 4.68 Å². The number of benzene rings is 1. The van der Waals surface area contributed by atoms with Crippen LogP contribution in [0.25, 0.3) is 0 Å². The molecule has 0 aliphatic heterocycles. The summed E-state index contributed by atoms with van der Waals surface area (Å²) in [4.78, 5) is 13.9. The molecule has 0 radical (unpaired) electrons. The van der Waals surface area contributed by atoms with E-state index in [4.69, 9.17) is 0 Å². The standard InChI is InChI=1S/C18H27N5O2/c1-18(25,15-11-21-23(4)12-15)13-20-17(24)19-10-9-14-5-7-16(8-6-14)22(2)3/h5-8,11-12,25H,9-10,13H2,1-4H3,(H2,19,20,24)/t18-/m0/s1. The van der Waals surface area contributed by atoms with Crippen molar-refractivity contribution in [3.63, 3.8) is 0 Å². The normalized spacial score (nSPS) is 13.2. The second kappa shape index (κ2) is 8.02. The van der Waals surface area contributed by atoms with Gasteiger partial charge in [0.15, 0.2) is 0 Å². The molecule has 0 bridgehead atoms. The van der Waals surface area contributed by atoms with Gasteiger partial charge < -0.3 is 20.6 Å². The average molecular weight is 345 g/mol. The van der Waals surface area contributed by atoms with Crippen LogP contribution >= 0.6 is 0 Å². The molecule has 0 aliphatic rings. The number of hydrogen-bond acceptors (Lipinski definition) is 4. The van der Waals surface area contributed by atoms with Gasteiger partial charge in [0.05, 0.1) is 12.7 Å². The first-order valence-electron chi connectivity index (χ1n) is 8.27. The number of anilines is 1. The number of aliphatic hydroxyl groups is 1. The largest absolute Gasteiger partial charge is 0.383 e. The Morgan fingerprint density at radius 3 is 2.52 bits per heavy atom. The van der Waals surface area contributed by atoms with Crippen LogP contribution in [-0.2, 0) is 19.1 Å². The Hall–Kier alpha value is -2.54. The first-order chi connectivity index (χ1) is 11.8. The molecular formula is C18H27N5O2. The molecule has 2 amide bonds. The molecule has 1 aromatic carbocycles. The quantitative estimate of drug-likeness (QED) is 0.705. The molecule has 7 nitrogen and oxygen atoms in total. The second-order valence-corrected chi connectivity index (χ2v) is 6.60. The van der Waals surface area contributed by atoms with Crippen LogP contribution < -0.4 is 15.5 Å². The number of carbonyl (C=O) groups is 1. The van der Waals surface area contributed by atoms with Crippen LogP contribution in [0.2, 0.25) is 0 Å². The highest BCUT2D eigenvalue weighted by atomic mass is 16.3. The van der Waals surface area contributed by atoms with Crippen molar-refractivity contribution in [1.82, 2.24) is 20.4 Å². The number of rotatable bonds is 7. The van der Waals surface area contributed by atoms with Crippen LogP contribution in [0.3, 0.4) is 0 Å². The van der Waals surface area contributed by atoms with Gasteiger partial charge in [-0.25, -0.2) is 4.79 Å². The highest BCUT2D eigenvalue weighted by molar-refractivity contribution is 5.73. The highest BCUT2D eigenvalue weighted by Gasteiger charge is 2.25. The van der Waals surface area contributed by atoms with Crippen molar-refractivity contribution in [3.05, 3.63) is 47.8 Å². The summed E-state index contributed by atoms with van der Waals surface area (Å²) in [5.74, 6) is 0. The summed E-state index contributed by atoms with van der Waals surface area (Å²) >= 11 is 0. The number of aromatic nitrogens is 2. The molecule has 3 N–H and O–H groups in total. The molecular weight excluding hydrogens is 318 g/mol. The molecule has 0 unspecified atom stereocenters. The van der Waals surface area contributed by atoms with Crippen molar-refractivity contribution in [2.75, 3.05) is 32.1 Å². The molecule has 0 saturated heterocycles. The van der Waals surface area contributed by atoms with Crippen molar-refractivity contribution in [2.24, 2.45) is 7.05 Å². The SMILES string of the molecule is CN(C)c1ccc(CCNC(=O)NC[C@](C)(O)c2cnn(C)c2)cc1. The maximum atomic E-state index is 11.9. The van der Waals surface area contributed by atoms with Crippen LogP contribution in [0, 0.1) is 0 Å². The lowest BCUT2D eigenvalue weighted by Gasteiger charge is -2.22. The number of carbonyl (C=O) groups excluding carboxylic acids is 1. The van der Waals surface area contributed by atoms with Crippen LogP contribution in [0.15, 0.2) is 36.7 Å². The van der Waals surface area contributed by atoms with E-state index in [-0.39, 0.29) is 12.6 Å². The van der Waals surface area contributed by atoms with Gasteiger partial charge in [0.2, 0.25) is 0 Å². The molecule has 1 heterocycles. The van der Waals surface area contributed by atoms with E-state index in [0.29, 0.717) is 12.1 Å². The Morgan fingerprint density at radius 1 is 1.28 bits per heavy atom. The Kier molecular flexibility index (Phi) is 6.03. The number of hydrogen-bond donors (Lipinski definition) is 3. The van der Waals surface area contributed by atoms with Gasteiger partial charge in [0, 0.05) is 45.1 Å². The van der Waals surface area contributed by atoms with Crippen LogP contribution in [-0.4, -0.2) is 48.1 Å². The fourth-order valence-electron chi connectivity index (χ4n) is 2.40. The van der Waals surface area contributed by atoms with Crippen molar-refractivity contribution < 1.29 is 9.90 Å². The summed E-state index contributed by atoms with van der Waals surface area (Å²) in [6.07, 6.45) is 4.08. The molecule has 7 heteroatoms. The zero-order valence-corrected chi connectivity index (χ0v) is 15.3. The van der Waals surface area contributed by atoms with E-state index in [0.717, 1.165) is 17.7 Å². The average Bonchev–Trinajstić information content (AvgIpc) is 3.01. The van der Waals surface area contributed by atoms with E-state index in [1.807, 2.05) is 19.0 Å². The third kappa shape index (κ3) is 5.49. The maximum Gasteiger partial charge on any atom is 0.314 e. The number of nitrogens with one attached hydrogen (secondary N) is 2. The van der Waals surface area contributed by atoms with Crippen molar-refractivity contribution >= 4 is 11.7 Å². The summed E-state index contributed by atoms with van der Waals surface area (Å²) in [5.41, 5.74) is 1.81. The summed E-state index contributed by atoms with van der Waals surface area (Å²) in [7, 11) is 5.79. The molecule has 0 fully saturated rings. The Labute approximate surface area is 148 Å². The van der Waals surface area contributed by atoms with Gasteiger partial charge in [-0.05, 0) is 31.0 Å². The zero-order valence-electron chi connectivity index (χ0n) is 15.3. The molecule has 1 aromatic heterocycles. The van der Waals surface area contributed by atoms with E-state index in [1.54, 1.807) is 31.0 Å². The fraction of sp³-hybridized carbons (Fsp3) is 0.444. The number of nitrogens with zero attached hydrogens (tertiary/aromatic N) is 3. The molecule has 136 valence electrons. The van der Waals surface area contributed by atoms with Crippen LogP contribution in [0.4, 0.5) is 10.5 Å². The van der Waals surface area contributed by atoms with Gasteiger partial charge in [-0.1, -0.05) is 12.1 Å². The van der Waals surface area contributed by atoms with E-state index in [9.17, 15) is 9.90 Å². The molecule has 0 aliphatic carbocycles. The van der Waals surface area contributed by atoms with Gasteiger partial charge in [0.25, 0.3) is 0 Å². The van der Waals surface area contributed by atoms with E-state index in [2.05, 4.69) is 40.0 Å². The van der Waals surface area contributed by atoms with E-state index in [1.165, 1.54) is 0 Å². The fourth-order valence-corrected chi connectivity index (χ4v) is 2.40. The summed E-state index contributed by atoms with van der Waals surface area (Å²) in [6, 6.07) is 7.93. The van der Waals surface area contributed by atoms with Gasteiger partial charge in [0.1, 0.15) is 5.60 Å². The second-order valence-electron chi connectivity index (χ2n) is 6.60. The minimum Gasteiger partial charge on any atom is -0.383 e. The van der Waals surface area contributed by atoms with Crippen LogP contribution in [0.5, 0.6) is 0 Å². The zero-order chi connectivity index (χ0) is 18.4. The summed E-state index contributed by atoms with van der Waals surface area (Å²) in [6.45, 7) is 2.29. The van der Waals surface area contributed by atoms with Gasteiger partial charge in [-0.15, -0.1) is 0 Å². The van der Waals surface area contributed by atoms with Crippen LogP contribution in [0.1, 0.15) is 18.1 Å². The topological polar surface area (TPSA) is 82.4 Å². The first kappa shape index (κ1) is 18.8. The molecule has 0 spiro atoms. The number of urea groups is 1. The van der Waals surface area contributed by atoms with Crippen molar-refractivity contribution in [3.8, 4) is 0 Å². The first-order valence-corrected chi connectivity index (χ1v) is 8.27. The molecule has 2 aromatic rings. The third-order valence-electron chi connectivity index (χ3n) is 4.07. The lowest BCUT2D eigenvalue weighted by atomic mass is 10.00. The minimum atomic E-state index is -1.16. The Balaban J connectivity index is 1.73. The maximum absolute atomic E-state index is 11.9. The lowest BCUT2D eigenvalue weighted by molar-refractivity contribution is 0.0593.